The van der Waals surface area contributed by atoms with E-state index in [9.17, 15) is 18.5 Å². The van der Waals surface area contributed by atoms with Crippen LogP contribution in [-0.2, 0) is 16.3 Å². The second-order valence-electron chi connectivity index (χ2n) is 4.29. The minimum absolute atomic E-state index is 0.155. The zero-order valence-corrected chi connectivity index (χ0v) is 11.9. The fraction of sp³-hybridized carbons (Fsp3) is 0.273. The van der Waals surface area contributed by atoms with E-state index in [0.717, 1.165) is 6.26 Å². The molecule has 2 aromatic rings. The molecule has 1 aromatic heterocycles. The number of hydrogen-bond donors (Lipinski definition) is 2. The number of aromatic amines is 1. The summed E-state index contributed by atoms with van der Waals surface area (Å²) in [5, 5.41) is 20.4. The molecule has 0 aliphatic carbocycles. The van der Waals surface area contributed by atoms with Gasteiger partial charge in [0.05, 0.1) is 4.92 Å². The lowest BCUT2D eigenvalue weighted by Crippen LogP contribution is -2.10. The number of H-pyrrole nitrogens is 1. The molecular formula is C11H13N5O4S. The average molecular weight is 311 g/mol. The Morgan fingerprint density at radius 1 is 1.43 bits per heavy atom. The van der Waals surface area contributed by atoms with Crippen molar-refractivity contribution in [1.29, 1.82) is 0 Å². The first-order valence-electron chi connectivity index (χ1n) is 5.95. The van der Waals surface area contributed by atoms with Crippen molar-refractivity contribution in [2.24, 2.45) is 0 Å². The fourth-order valence-corrected chi connectivity index (χ4v) is 2.68. The summed E-state index contributed by atoms with van der Waals surface area (Å²) in [6.45, 7) is 0.350. The number of rotatable bonds is 6. The van der Waals surface area contributed by atoms with Crippen LogP contribution in [0.3, 0.4) is 0 Å². The van der Waals surface area contributed by atoms with Crippen molar-refractivity contribution >= 4 is 21.2 Å². The maximum atomic E-state index is 11.6. The van der Waals surface area contributed by atoms with Crippen LogP contribution in [-0.4, -0.2) is 41.3 Å². The number of anilines is 1. The molecular weight excluding hydrogens is 298 g/mol. The van der Waals surface area contributed by atoms with Crippen molar-refractivity contribution < 1.29 is 13.3 Å². The van der Waals surface area contributed by atoms with Crippen molar-refractivity contribution in [1.82, 2.24) is 15.2 Å². The van der Waals surface area contributed by atoms with Crippen LogP contribution in [0.1, 0.15) is 5.82 Å². The maximum Gasteiger partial charge on any atom is 0.310 e. The smallest absolute Gasteiger partial charge is 0.310 e. The Morgan fingerprint density at radius 3 is 2.76 bits per heavy atom. The standard InChI is InChI=1S/C11H13N5O4S/c1-21(19,20)9-4-2-3-8(11(9)16(17)18)12-6-5-10-13-7-14-15-10/h2-4,7,12H,5-6H2,1H3,(H,13,14,15). The zero-order chi connectivity index (χ0) is 15.5. The highest BCUT2D eigenvalue weighted by Crippen LogP contribution is 2.31. The van der Waals surface area contributed by atoms with Crippen molar-refractivity contribution in [2.75, 3.05) is 18.1 Å². The Morgan fingerprint density at radius 2 is 2.19 bits per heavy atom. The summed E-state index contributed by atoms with van der Waals surface area (Å²) in [6, 6.07) is 4.14. The summed E-state index contributed by atoms with van der Waals surface area (Å²) in [7, 11) is -3.68. The van der Waals surface area contributed by atoms with Crippen molar-refractivity contribution in [2.45, 2.75) is 11.3 Å². The molecule has 1 heterocycles. The Balaban J connectivity index is 2.24. The van der Waals surface area contributed by atoms with E-state index in [1.54, 1.807) is 0 Å². The van der Waals surface area contributed by atoms with Gasteiger partial charge < -0.3 is 5.32 Å². The summed E-state index contributed by atoms with van der Waals surface area (Å²) in [6.07, 6.45) is 2.77. The minimum atomic E-state index is -3.68. The predicted octanol–water partition coefficient (Wildman–Crippen LogP) is 0.771. The van der Waals surface area contributed by atoms with E-state index in [2.05, 4.69) is 20.5 Å². The molecule has 1 aromatic carbocycles. The van der Waals surface area contributed by atoms with Crippen LogP contribution in [0.25, 0.3) is 0 Å². The van der Waals surface area contributed by atoms with Crippen LogP contribution in [0.5, 0.6) is 0 Å². The lowest BCUT2D eigenvalue weighted by atomic mass is 10.2. The molecule has 0 spiro atoms. The molecule has 0 atom stereocenters. The predicted molar refractivity (Wildman–Crippen MR) is 74.8 cm³/mol. The van der Waals surface area contributed by atoms with E-state index in [4.69, 9.17) is 0 Å². The van der Waals surface area contributed by atoms with E-state index in [1.807, 2.05) is 0 Å². The van der Waals surface area contributed by atoms with Gasteiger partial charge in [-0.25, -0.2) is 13.4 Å². The fourth-order valence-electron chi connectivity index (χ4n) is 1.82. The van der Waals surface area contributed by atoms with E-state index < -0.39 is 20.4 Å². The third-order valence-electron chi connectivity index (χ3n) is 2.72. The molecule has 0 saturated carbocycles. The summed E-state index contributed by atoms with van der Waals surface area (Å²) in [5.74, 6) is 0.629. The molecule has 0 radical (unpaired) electrons. The number of nitrogens with one attached hydrogen (secondary N) is 2. The maximum absolute atomic E-state index is 11.6. The molecule has 0 aliphatic rings. The van der Waals surface area contributed by atoms with E-state index in [0.29, 0.717) is 18.8 Å². The first kappa shape index (κ1) is 14.9. The van der Waals surface area contributed by atoms with Gasteiger partial charge in [-0.05, 0) is 12.1 Å². The topological polar surface area (TPSA) is 131 Å². The molecule has 2 rings (SSSR count). The molecule has 10 heteroatoms. The highest BCUT2D eigenvalue weighted by Gasteiger charge is 2.25. The quantitative estimate of drug-likeness (QED) is 0.595. The molecule has 112 valence electrons. The van der Waals surface area contributed by atoms with Crippen LogP contribution in [0.4, 0.5) is 11.4 Å². The van der Waals surface area contributed by atoms with Gasteiger partial charge in [0.2, 0.25) is 0 Å². The number of sulfone groups is 1. The first-order chi connectivity index (χ1) is 9.89. The Labute approximate surface area is 120 Å². The largest absolute Gasteiger partial charge is 0.379 e. The summed E-state index contributed by atoms with van der Waals surface area (Å²) >= 11 is 0. The summed E-state index contributed by atoms with van der Waals surface area (Å²) in [4.78, 5) is 14.1. The molecule has 0 fully saturated rings. The highest BCUT2D eigenvalue weighted by molar-refractivity contribution is 7.90. The van der Waals surface area contributed by atoms with E-state index in [1.165, 1.54) is 24.5 Å². The van der Waals surface area contributed by atoms with Gasteiger partial charge in [0.25, 0.3) is 0 Å². The number of para-hydroxylation sites is 1. The second kappa shape index (κ2) is 5.87. The van der Waals surface area contributed by atoms with Gasteiger partial charge in [-0.1, -0.05) is 6.07 Å². The molecule has 0 saturated heterocycles. The monoisotopic (exact) mass is 311 g/mol. The second-order valence-corrected chi connectivity index (χ2v) is 6.27. The van der Waals surface area contributed by atoms with E-state index in [-0.39, 0.29) is 10.6 Å². The Kier molecular flexibility index (Phi) is 4.17. The van der Waals surface area contributed by atoms with Crippen LogP contribution in [0, 0.1) is 10.1 Å². The third-order valence-corrected chi connectivity index (χ3v) is 3.85. The van der Waals surface area contributed by atoms with Crippen LogP contribution in [0.2, 0.25) is 0 Å². The Hall–Kier alpha value is -2.49. The molecule has 0 amide bonds. The number of nitro groups is 1. The van der Waals surface area contributed by atoms with Gasteiger partial charge in [-0.3, -0.25) is 15.2 Å². The van der Waals surface area contributed by atoms with Crippen molar-refractivity contribution in [3.05, 3.63) is 40.5 Å². The van der Waals surface area contributed by atoms with Crippen molar-refractivity contribution in [3.63, 3.8) is 0 Å². The SMILES string of the molecule is CS(=O)(=O)c1cccc(NCCc2ncn[nH]2)c1[N+](=O)[O-]. The molecule has 2 N–H and O–H groups in total. The number of hydrogen-bond acceptors (Lipinski definition) is 7. The molecule has 0 aliphatic heterocycles. The van der Waals surface area contributed by atoms with E-state index >= 15 is 0 Å². The summed E-state index contributed by atoms with van der Waals surface area (Å²) < 4.78 is 23.2. The van der Waals surface area contributed by atoms with Crippen LogP contribution in [0.15, 0.2) is 29.4 Å². The van der Waals surface area contributed by atoms with Crippen LogP contribution < -0.4 is 5.32 Å². The number of aromatic nitrogens is 3. The van der Waals surface area contributed by atoms with Gasteiger partial charge in [0.15, 0.2) is 9.84 Å². The molecule has 0 unspecified atom stereocenters. The van der Waals surface area contributed by atoms with Gasteiger partial charge in [-0.2, -0.15) is 5.10 Å². The van der Waals surface area contributed by atoms with Gasteiger partial charge in [0.1, 0.15) is 22.7 Å². The van der Waals surface area contributed by atoms with Gasteiger partial charge >= 0.3 is 5.69 Å². The highest BCUT2D eigenvalue weighted by atomic mass is 32.2. The summed E-state index contributed by atoms with van der Waals surface area (Å²) in [5.41, 5.74) is -0.292. The van der Waals surface area contributed by atoms with Gasteiger partial charge in [0, 0.05) is 19.2 Å². The Bertz CT molecular complexity index is 742. The first-order valence-corrected chi connectivity index (χ1v) is 7.84. The molecule has 21 heavy (non-hydrogen) atoms. The van der Waals surface area contributed by atoms with Crippen LogP contribution >= 0.6 is 0 Å². The van der Waals surface area contributed by atoms with Gasteiger partial charge in [-0.15, -0.1) is 0 Å². The third kappa shape index (κ3) is 3.54. The average Bonchev–Trinajstić information content (AvgIpc) is 2.90. The molecule has 9 nitrogen and oxygen atoms in total. The normalized spacial score (nSPS) is 11.3. The lowest BCUT2D eigenvalue weighted by Gasteiger charge is -2.08. The lowest BCUT2D eigenvalue weighted by molar-refractivity contribution is -0.386. The zero-order valence-electron chi connectivity index (χ0n) is 11.1. The molecule has 0 bridgehead atoms. The number of nitro benzene ring substituents is 1. The minimum Gasteiger partial charge on any atom is -0.379 e. The number of benzene rings is 1. The van der Waals surface area contributed by atoms with Crippen molar-refractivity contribution in [3.8, 4) is 0 Å². The number of nitrogens with zero attached hydrogens (tertiary/aromatic N) is 3.